The molecule has 0 saturated carbocycles. The molecule has 0 bridgehead atoms. The first kappa shape index (κ1) is 40.8. The molecule has 13 nitrogen and oxygen atoms in total. The topological polar surface area (TPSA) is 169 Å². The molecule has 1 aromatic heterocycles. The lowest BCUT2D eigenvalue weighted by molar-refractivity contribution is -0.217. The van der Waals surface area contributed by atoms with Gasteiger partial charge in [-0.15, -0.1) is 34.9 Å². The molecule has 4 atom stereocenters. The molecule has 2 fully saturated rings. The largest absolute Gasteiger partial charge is 0.465 e. The number of anilines is 1. The zero-order chi connectivity index (χ0) is 40.1. The maximum Gasteiger partial charge on any atom is 0.362 e. The van der Waals surface area contributed by atoms with Crippen molar-refractivity contribution in [3.8, 4) is 0 Å². The quantitative estimate of drug-likeness (QED) is 0.0514. The van der Waals surface area contributed by atoms with Crippen molar-refractivity contribution in [3.05, 3.63) is 119 Å². The molecule has 294 valence electrons. The molecule has 2 aliphatic heterocycles. The number of benzene rings is 3. The summed E-state index contributed by atoms with van der Waals surface area (Å²) in [5.74, 6) is -2.93. The summed E-state index contributed by atoms with van der Waals surface area (Å²) in [6.45, 7) is 6.78. The maximum absolute atomic E-state index is 13.9. The number of carbonyl (C=O) groups is 4. The van der Waals surface area contributed by atoms with E-state index in [2.05, 4.69) is 15.8 Å². The Morgan fingerprint density at radius 2 is 1.55 bits per heavy atom. The Morgan fingerprint density at radius 1 is 0.982 bits per heavy atom. The second kappa shape index (κ2) is 17.1. The van der Waals surface area contributed by atoms with Crippen molar-refractivity contribution >= 4 is 69.5 Å². The van der Waals surface area contributed by atoms with E-state index >= 15 is 0 Å². The first-order valence-corrected chi connectivity index (χ1v) is 20.8. The first-order chi connectivity index (χ1) is 26.8. The second-order valence-corrected chi connectivity index (χ2v) is 17.3. The summed E-state index contributed by atoms with van der Waals surface area (Å²) in [5.41, 5.74) is -1.39. The molecule has 3 heterocycles. The molecule has 56 heavy (non-hydrogen) atoms. The average molecular weight is 818 g/mol. The van der Waals surface area contributed by atoms with Gasteiger partial charge in [0.05, 0.1) is 18.4 Å². The molecule has 16 heteroatoms. The van der Waals surface area contributed by atoms with Crippen LogP contribution in [0.25, 0.3) is 0 Å². The van der Waals surface area contributed by atoms with Crippen LogP contribution in [0.1, 0.15) is 50.1 Å². The third kappa shape index (κ3) is 8.14. The fourth-order valence-electron chi connectivity index (χ4n) is 6.66. The summed E-state index contributed by atoms with van der Waals surface area (Å²) >= 11 is 3.44. The van der Waals surface area contributed by atoms with E-state index in [0.717, 1.165) is 33.4 Å². The molecule has 2 saturated heterocycles. The Labute approximate surface area is 337 Å². The molecule has 3 N–H and O–H groups in total. The SMILES string of the molecule is CCOC(=O)CSC1SCC2C(NC(=O)C(=NOC)c3csc(NC(c4ccccc4)(c4ccccc4)c4ccccc4)n3)C(=O)N2C1(O)C(=O)OC(C)(C)C. The summed E-state index contributed by atoms with van der Waals surface area (Å²) in [4.78, 5) is 64.5. The Bertz CT molecular complexity index is 1970. The number of nitrogens with one attached hydrogen (secondary N) is 2. The molecule has 6 rings (SSSR count). The number of β-lactam (4-membered cyclic amide) rings is 1. The average Bonchev–Trinajstić information content (AvgIpc) is 3.65. The molecular weight excluding hydrogens is 775 g/mol. The van der Waals surface area contributed by atoms with Gasteiger partial charge in [0, 0.05) is 11.1 Å². The maximum atomic E-state index is 13.9. The fraction of sp³-hybridized carbons (Fsp3) is 0.350. The van der Waals surface area contributed by atoms with Gasteiger partial charge in [0.15, 0.2) is 10.8 Å². The molecule has 4 unspecified atom stereocenters. The predicted molar refractivity (Wildman–Crippen MR) is 217 cm³/mol. The highest BCUT2D eigenvalue weighted by molar-refractivity contribution is 8.17. The number of hydrogen-bond donors (Lipinski definition) is 3. The summed E-state index contributed by atoms with van der Waals surface area (Å²) in [5, 5.41) is 24.6. The van der Waals surface area contributed by atoms with E-state index in [4.69, 9.17) is 19.3 Å². The van der Waals surface area contributed by atoms with E-state index in [1.807, 2.05) is 91.0 Å². The fourth-order valence-corrected chi connectivity index (χ4v) is 10.2. The molecule has 2 amide bonds. The Hall–Kier alpha value is -4.90. The number of aromatic nitrogens is 1. The molecule has 4 aromatic rings. The predicted octanol–water partition coefficient (Wildman–Crippen LogP) is 4.99. The number of nitrogens with zero attached hydrogens (tertiary/aromatic N) is 3. The van der Waals surface area contributed by atoms with Crippen LogP contribution in [-0.4, -0.2) is 97.7 Å². The zero-order valence-electron chi connectivity index (χ0n) is 31.5. The van der Waals surface area contributed by atoms with Crippen LogP contribution in [0.4, 0.5) is 5.13 Å². The Kier molecular flexibility index (Phi) is 12.4. The van der Waals surface area contributed by atoms with Crippen molar-refractivity contribution < 1.29 is 38.6 Å². The first-order valence-electron chi connectivity index (χ1n) is 17.8. The van der Waals surface area contributed by atoms with Crippen LogP contribution >= 0.6 is 34.9 Å². The second-order valence-electron chi connectivity index (χ2n) is 13.9. The number of thioether (sulfide) groups is 2. The van der Waals surface area contributed by atoms with E-state index in [9.17, 15) is 24.3 Å². The lowest BCUT2D eigenvalue weighted by Crippen LogP contribution is -2.83. The van der Waals surface area contributed by atoms with Crippen LogP contribution in [-0.2, 0) is 39.0 Å². The summed E-state index contributed by atoms with van der Waals surface area (Å²) in [6.07, 6.45) is 0. The standard InChI is InChI=1S/C40H43N5O8S3/c1-6-52-30(46)24-55-36-40(50,35(49)53-38(2,3)4)45-29(23-54-36)32(34(45)48)42-33(47)31(44-51-5)28-22-56-37(41-28)43-39(25-16-10-7-11-17-25,26-18-12-8-13-19-26)27-20-14-9-15-21-27/h7-22,29,32,36,50H,6,23-24H2,1-5H3,(H,41,43)(H,42,47). The number of fused-ring (bicyclic) bond motifs is 1. The number of aliphatic hydroxyl groups is 1. The van der Waals surface area contributed by atoms with Gasteiger partial charge in [-0.1, -0.05) is 96.2 Å². The van der Waals surface area contributed by atoms with Crippen LogP contribution in [0.3, 0.4) is 0 Å². The van der Waals surface area contributed by atoms with Gasteiger partial charge < -0.3 is 30.1 Å². The third-order valence-corrected chi connectivity index (χ3v) is 12.8. The highest BCUT2D eigenvalue weighted by Crippen LogP contribution is 2.48. The lowest BCUT2D eigenvalue weighted by atomic mass is 9.77. The minimum absolute atomic E-state index is 0.159. The smallest absolute Gasteiger partial charge is 0.362 e. The number of ether oxygens (including phenoxy) is 2. The van der Waals surface area contributed by atoms with E-state index in [1.165, 1.54) is 30.2 Å². The van der Waals surface area contributed by atoms with Crippen LogP contribution in [0.5, 0.6) is 0 Å². The minimum Gasteiger partial charge on any atom is -0.465 e. The van der Waals surface area contributed by atoms with Crippen molar-refractivity contribution in [1.29, 1.82) is 0 Å². The van der Waals surface area contributed by atoms with E-state index in [1.54, 1.807) is 33.1 Å². The van der Waals surface area contributed by atoms with Crippen molar-refractivity contribution in [1.82, 2.24) is 15.2 Å². The number of hydrogen-bond acceptors (Lipinski definition) is 14. The minimum atomic E-state index is -2.43. The van der Waals surface area contributed by atoms with Gasteiger partial charge in [-0.05, 0) is 44.4 Å². The number of esters is 2. The highest BCUT2D eigenvalue weighted by atomic mass is 32.2. The van der Waals surface area contributed by atoms with Gasteiger partial charge in [-0.2, -0.15) is 0 Å². The van der Waals surface area contributed by atoms with Gasteiger partial charge in [0.2, 0.25) is 5.91 Å². The zero-order valence-corrected chi connectivity index (χ0v) is 33.9. The summed E-state index contributed by atoms with van der Waals surface area (Å²) < 4.78 is 9.62. The van der Waals surface area contributed by atoms with Crippen molar-refractivity contribution in [2.24, 2.45) is 5.16 Å². The van der Waals surface area contributed by atoms with E-state index < -0.39 is 57.3 Å². The van der Waals surface area contributed by atoms with Crippen LogP contribution < -0.4 is 10.6 Å². The molecule has 0 aliphatic carbocycles. The highest BCUT2D eigenvalue weighted by Gasteiger charge is 2.67. The van der Waals surface area contributed by atoms with Gasteiger partial charge >= 0.3 is 11.9 Å². The van der Waals surface area contributed by atoms with Crippen LogP contribution in [0.15, 0.2) is 102 Å². The summed E-state index contributed by atoms with van der Waals surface area (Å²) in [6, 6.07) is 28.1. The number of thiazole rings is 1. The number of rotatable bonds is 14. The van der Waals surface area contributed by atoms with Gasteiger partial charge in [-0.3, -0.25) is 19.3 Å². The van der Waals surface area contributed by atoms with Crippen molar-refractivity contribution in [3.63, 3.8) is 0 Å². The van der Waals surface area contributed by atoms with Crippen molar-refractivity contribution in [2.75, 3.05) is 30.5 Å². The molecule has 0 radical (unpaired) electrons. The van der Waals surface area contributed by atoms with Crippen molar-refractivity contribution in [2.45, 2.75) is 61.2 Å². The number of carbonyl (C=O) groups excluding carboxylic acids is 4. The lowest BCUT2D eigenvalue weighted by Gasteiger charge is -2.58. The third-order valence-electron chi connectivity index (χ3n) is 9.04. The van der Waals surface area contributed by atoms with Gasteiger partial charge in [0.1, 0.15) is 34.6 Å². The Balaban J connectivity index is 1.26. The van der Waals surface area contributed by atoms with E-state index in [-0.39, 0.29) is 29.5 Å². The summed E-state index contributed by atoms with van der Waals surface area (Å²) in [7, 11) is 1.30. The molecular formula is C40H43N5O8S3. The van der Waals surface area contributed by atoms with Crippen LogP contribution in [0, 0.1) is 0 Å². The molecule has 0 spiro atoms. The van der Waals surface area contributed by atoms with E-state index in [0.29, 0.717) is 5.13 Å². The molecule has 3 aromatic carbocycles. The number of oxime groups is 1. The monoisotopic (exact) mass is 817 g/mol. The Morgan fingerprint density at radius 3 is 2.07 bits per heavy atom. The normalized spacial score (nSPS) is 21.0. The van der Waals surface area contributed by atoms with Crippen LogP contribution in [0.2, 0.25) is 0 Å². The van der Waals surface area contributed by atoms with Gasteiger partial charge in [-0.25, -0.2) is 9.78 Å². The molecule has 2 aliphatic rings. The van der Waals surface area contributed by atoms with Gasteiger partial charge in [0.25, 0.3) is 11.6 Å². The number of amides is 2.